The number of hydrogen-bond acceptors (Lipinski definition) is 3. The van der Waals surface area contributed by atoms with Gasteiger partial charge in [-0.3, -0.25) is 4.68 Å². The van der Waals surface area contributed by atoms with Crippen molar-refractivity contribution in [3.8, 4) is 0 Å². The van der Waals surface area contributed by atoms with Gasteiger partial charge in [0.05, 0.1) is 6.21 Å². The van der Waals surface area contributed by atoms with Gasteiger partial charge in [-0.1, -0.05) is 18.2 Å². The molecule has 0 atom stereocenters. The van der Waals surface area contributed by atoms with Crippen LogP contribution < -0.4 is 11.5 Å². The number of benzene rings is 1. The quantitative estimate of drug-likeness (QED) is 0.426. The second-order valence-electron chi connectivity index (χ2n) is 3.36. The Labute approximate surface area is 92.3 Å². The zero-order chi connectivity index (χ0) is 11.5. The van der Waals surface area contributed by atoms with Crippen LogP contribution >= 0.6 is 0 Å². The topological polar surface area (TPSA) is 94.6 Å². The lowest BCUT2D eigenvalue weighted by molar-refractivity contribution is 0.779. The van der Waals surface area contributed by atoms with Crippen molar-refractivity contribution < 1.29 is 0 Å². The van der Waals surface area contributed by atoms with Crippen molar-refractivity contribution in [1.82, 2.24) is 9.78 Å². The van der Waals surface area contributed by atoms with Crippen LogP contribution in [0.15, 0.2) is 34.6 Å². The van der Waals surface area contributed by atoms with Crippen molar-refractivity contribution in [2.75, 3.05) is 0 Å². The molecule has 0 amide bonds. The van der Waals surface area contributed by atoms with Crippen LogP contribution in [-0.2, 0) is 7.05 Å². The Bertz CT molecular complexity index is 562. The first-order chi connectivity index (χ1) is 7.66. The van der Waals surface area contributed by atoms with E-state index >= 15 is 0 Å². The molecule has 2 aromatic rings. The summed E-state index contributed by atoms with van der Waals surface area (Å²) in [5, 5.41) is 12.7. The summed E-state index contributed by atoms with van der Waals surface area (Å²) in [7, 11) is 1.87. The van der Waals surface area contributed by atoms with Gasteiger partial charge in [-0.15, -0.1) is 5.10 Å². The molecule has 0 bridgehead atoms. The Hall–Kier alpha value is -2.37. The van der Waals surface area contributed by atoms with Crippen molar-refractivity contribution in [3.63, 3.8) is 0 Å². The van der Waals surface area contributed by atoms with Crippen molar-refractivity contribution >= 4 is 23.1 Å². The van der Waals surface area contributed by atoms with Gasteiger partial charge in [0.15, 0.2) is 0 Å². The van der Waals surface area contributed by atoms with Gasteiger partial charge in [0.1, 0.15) is 5.52 Å². The number of rotatable bonds is 2. The lowest BCUT2D eigenvalue weighted by Gasteiger charge is -1.92. The number of aryl methyl sites for hydroxylation is 1. The van der Waals surface area contributed by atoms with E-state index in [2.05, 4.69) is 15.3 Å². The SMILES string of the molecule is Cn1cc2cccc(C=NN=C(N)N)c2n1. The molecule has 0 spiro atoms. The third-order valence-corrected chi connectivity index (χ3v) is 2.05. The van der Waals surface area contributed by atoms with Crippen LogP contribution in [0.1, 0.15) is 5.56 Å². The monoisotopic (exact) mass is 216 g/mol. The molecule has 0 unspecified atom stereocenters. The number of fused-ring (bicyclic) bond motifs is 1. The van der Waals surface area contributed by atoms with Gasteiger partial charge in [-0.05, 0) is 0 Å². The van der Waals surface area contributed by atoms with E-state index in [1.54, 1.807) is 10.9 Å². The fourth-order valence-corrected chi connectivity index (χ4v) is 1.45. The molecule has 0 saturated heterocycles. The molecular weight excluding hydrogens is 204 g/mol. The zero-order valence-electron chi connectivity index (χ0n) is 8.83. The van der Waals surface area contributed by atoms with Gasteiger partial charge in [0.2, 0.25) is 5.96 Å². The minimum absolute atomic E-state index is 0.0653. The van der Waals surface area contributed by atoms with E-state index < -0.39 is 0 Å². The molecule has 82 valence electrons. The maximum atomic E-state index is 5.17. The smallest absolute Gasteiger partial charge is 0.211 e. The molecule has 0 radical (unpaired) electrons. The van der Waals surface area contributed by atoms with E-state index in [-0.39, 0.29) is 5.96 Å². The maximum Gasteiger partial charge on any atom is 0.211 e. The number of nitrogens with zero attached hydrogens (tertiary/aromatic N) is 4. The van der Waals surface area contributed by atoms with Crippen molar-refractivity contribution in [3.05, 3.63) is 30.0 Å². The number of hydrogen-bond donors (Lipinski definition) is 2. The van der Waals surface area contributed by atoms with E-state index in [1.165, 1.54) is 0 Å². The average Bonchev–Trinajstić information content (AvgIpc) is 2.58. The highest BCUT2D eigenvalue weighted by atomic mass is 15.3. The molecule has 0 aliphatic carbocycles. The summed E-state index contributed by atoms with van der Waals surface area (Å²) in [4.78, 5) is 0. The lowest BCUT2D eigenvalue weighted by Crippen LogP contribution is -2.21. The van der Waals surface area contributed by atoms with Crippen LogP contribution in [-0.4, -0.2) is 22.0 Å². The van der Waals surface area contributed by atoms with Gasteiger partial charge in [0, 0.05) is 24.2 Å². The molecule has 4 N–H and O–H groups in total. The van der Waals surface area contributed by atoms with Gasteiger partial charge < -0.3 is 11.5 Å². The molecule has 1 aromatic carbocycles. The molecule has 0 aliphatic heterocycles. The van der Waals surface area contributed by atoms with E-state index in [9.17, 15) is 0 Å². The molecule has 0 saturated carbocycles. The molecule has 1 aromatic heterocycles. The second-order valence-corrected chi connectivity index (χ2v) is 3.36. The van der Waals surface area contributed by atoms with Crippen LogP contribution in [0.3, 0.4) is 0 Å². The van der Waals surface area contributed by atoms with Crippen LogP contribution in [0.25, 0.3) is 10.9 Å². The van der Waals surface area contributed by atoms with E-state index in [0.717, 1.165) is 16.5 Å². The Balaban J connectivity index is 2.44. The summed E-state index contributed by atoms with van der Waals surface area (Å²) in [5.41, 5.74) is 12.1. The molecule has 0 fully saturated rings. The van der Waals surface area contributed by atoms with E-state index in [1.807, 2.05) is 31.4 Å². The molecule has 6 nitrogen and oxygen atoms in total. The van der Waals surface area contributed by atoms with Crippen molar-refractivity contribution in [2.45, 2.75) is 0 Å². The standard InChI is InChI=1S/C10H12N6/c1-16-6-8-4-2-3-7(9(8)15-16)5-13-14-10(11)12/h2-6H,1H3,(H4,11,12,14). The Kier molecular flexibility index (Phi) is 2.55. The van der Waals surface area contributed by atoms with Crippen LogP contribution in [0, 0.1) is 0 Å². The lowest BCUT2D eigenvalue weighted by atomic mass is 10.2. The summed E-state index contributed by atoms with van der Waals surface area (Å²) >= 11 is 0. The third kappa shape index (κ3) is 2.00. The van der Waals surface area contributed by atoms with E-state index in [0.29, 0.717) is 0 Å². The number of guanidine groups is 1. The molecule has 0 aliphatic rings. The first-order valence-electron chi connectivity index (χ1n) is 4.71. The molecule has 1 heterocycles. The Morgan fingerprint density at radius 3 is 3.00 bits per heavy atom. The van der Waals surface area contributed by atoms with Crippen LogP contribution in [0.2, 0.25) is 0 Å². The van der Waals surface area contributed by atoms with Crippen molar-refractivity contribution in [2.24, 2.45) is 28.7 Å². The minimum Gasteiger partial charge on any atom is -0.369 e. The third-order valence-electron chi connectivity index (χ3n) is 2.05. The van der Waals surface area contributed by atoms with Crippen molar-refractivity contribution in [1.29, 1.82) is 0 Å². The Morgan fingerprint density at radius 1 is 1.44 bits per heavy atom. The summed E-state index contributed by atoms with van der Waals surface area (Å²) in [6.45, 7) is 0. The number of nitrogens with two attached hydrogens (primary N) is 2. The van der Waals surface area contributed by atoms with Gasteiger partial charge in [-0.2, -0.15) is 10.2 Å². The van der Waals surface area contributed by atoms with Gasteiger partial charge in [-0.25, -0.2) is 0 Å². The van der Waals surface area contributed by atoms with Gasteiger partial charge in [0.25, 0.3) is 0 Å². The highest BCUT2D eigenvalue weighted by Crippen LogP contribution is 2.14. The summed E-state index contributed by atoms with van der Waals surface area (Å²) < 4.78 is 1.75. The predicted octanol–water partition coefficient (Wildman–Crippen LogP) is 0.181. The highest BCUT2D eigenvalue weighted by Gasteiger charge is 2.01. The summed E-state index contributed by atoms with van der Waals surface area (Å²) in [5.74, 6) is -0.0653. The zero-order valence-corrected chi connectivity index (χ0v) is 8.83. The summed E-state index contributed by atoms with van der Waals surface area (Å²) in [6.07, 6.45) is 3.52. The summed E-state index contributed by atoms with van der Waals surface area (Å²) in [6, 6.07) is 5.82. The minimum atomic E-state index is -0.0653. The molecular formula is C10H12N6. The largest absolute Gasteiger partial charge is 0.369 e. The predicted molar refractivity (Wildman–Crippen MR) is 64.1 cm³/mol. The fraction of sp³-hybridized carbons (Fsp3) is 0.100. The van der Waals surface area contributed by atoms with Crippen LogP contribution in [0.5, 0.6) is 0 Å². The highest BCUT2D eigenvalue weighted by molar-refractivity contribution is 5.97. The second kappa shape index (κ2) is 4.01. The average molecular weight is 216 g/mol. The first-order valence-corrected chi connectivity index (χ1v) is 4.71. The van der Waals surface area contributed by atoms with Crippen LogP contribution in [0.4, 0.5) is 0 Å². The normalized spacial score (nSPS) is 11.1. The fourth-order valence-electron chi connectivity index (χ4n) is 1.45. The molecule has 2 rings (SSSR count). The number of aromatic nitrogens is 2. The molecule has 16 heavy (non-hydrogen) atoms. The molecule has 6 heteroatoms. The maximum absolute atomic E-state index is 5.17. The first kappa shape index (κ1) is 10.2. The Morgan fingerprint density at radius 2 is 2.25 bits per heavy atom. The van der Waals surface area contributed by atoms with E-state index in [4.69, 9.17) is 11.5 Å². The van der Waals surface area contributed by atoms with Gasteiger partial charge >= 0.3 is 0 Å².